The Labute approximate surface area is 215 Å². The molecule has 2 aromatic carbocycles. The standard InChI is InChI=1S/C26H24N4O4S2/c1-4-29-24(33)22(26-28(3)18-13-9-10-14-19(18)35-26)36-25(29)21-17(15-20(31)34-5-2)27-30(23(21)32)16-11-7-6-8-12-16/h6-14H,4-5,15H2,1-3H3. The van der Waals surface area contributed by atoms with Crippen LogP contribution in [-0.2, 0) is 20.9 Å². The fourth-order valence-corrected chi connectivity index (χ4v) is 6.77. The number of anilines is 2. The number of hydrogen-bond donors (Lipinski definition) is 0. The normalized spacial score (nSPS) is 18.0. The van der Waals surface area contributed by atoms with Crippen LogP contribution in [-0.4, -0.2) is 35.8 Å². The minimum atomic E-state index is -0.477. The molecular formula is C26H24N4O4S2. The molecule has 3 heterocycles. The minimum Gasteiger partial charge on any atom is -0.466 e. The summed E-state index contributed by atoms with van der Waals surface area (Å²) in [7, 11) is 1.93. The van der Waals surface area contributed by atoms with Crippen LogP contribution in [0.25, 0.3) is 10.6 Å². The number of para-hydroxylation sites is 2. The van der Waals surface area contributed by atoms with Crippen LogP contribution in [0.2, 0.25) is 0 Å². The summed E-state index contributed by atoms with van der Waals surface area (Å²) in [6, 6.07) is 17.0. The Morgan fingerprint density at radius 2 is 1.75 bits per heavy atom. The van der Waals surface area contributed by atoms with Gasteiger partial charge in [-0.3, -0.25) is 19.0 Å². The fraction of sp³-hybridized carbons (Fsp3) is 0.231. The number of benzene rings is 2. The lowest BCUT2D eigenvalue weighted by Crippen LogP contribution is -2.35. The summed E-state index contributed by atoms with van der Waals surface area (Å²) >= 11 is 2.79. The van der Waals surface area contributed by atoms with Gasteiger partial charge in [0, 0.05) is 18.5 Å². The smallest absolute Gasteiger partial charge is 0.311 e. The molecule has 0 bridgehead atoms. The third-order valence-electron chi connectivity index (χ3n) is 5.88. The second-order valence-electron chi connectivity index (χ2n) is 8.08. The number of ether oxygens (including phenoxy) is 1. The molecule has 0 fully saturated rings. The SMILES string of the molecule is CCOC(=O)CC1=NN(c2ccccc2)C(=O)C1=c1sc(=C2Sc3ccccc3N2C)c(=O)n1CC. The van der Waals surface area contributed by atoms with Crippen LogP contribution in [0.1, 0.15) is 20.3 Å². The first kappa shape index (κ1) is 24.1. The van der Waals surface area contributed by atoms with Gasteiger partial charge >= 0.3 is 5.97 Å². The molecule has 10 heteroatoms. The fourth-order valence-electron chi connectivity index (χ4n) is 4.20. The molecule has 0 aliphatic carbocycles. The maximum atomic E-state index is 13.7. The number of thiazole rings is 1. The summed E-state index contributed by atoms with van der Waals surface area (Å²) in [5.41, 5.74) is 1.98. The van der Waals surface area contributed by atoms with Crippen molar-refractivity contribution in [3.63, 3.8) is 0 Å². The van der Waals surface area contributed by atoms with Crippen LogP contribution < -0.4 is 24.7 Å². The van der Waals surface area contributed by atoms with Crippen molar-refractivity contribution in [3.05, 3.63) is 74.1 Å². The first-order valence-electron chi connectivity index (χ1n) is 11.6. The average molecular weight is 521 g/mol. The lowest BCUT2D eigenvalue weighted by Gasteiger charge is -2.11. The summed E-state index contributed by atoms with van der Waals surface area (Å²) in [5.74, 6) is -0.856. The van der Waals surface area contributed by atoms with Gasteiger partial charge in [0.1, 0.15) is 14.2 Å². The van der Waals surface area contributed by atoms with E-state index in [1.54, 1.807) is 23.6 Å². The van der Waals surface area contributed by atoms with Gasteiger partial charge in [0.05, 0.1) is 35.7 Å². The van der Waals surface area contributed by atoms with E-state index in [2.05, 4.69) is 5.10 Å². The topological polar surface area (TPSA) is 84.2 Å². The lowest BCUT2D eigenvalue weighted by molar-refractivity contribution is -0.141. The van der Waals surface area contributed by atoms with E-state index in [0.717, 1.165) is 15.6 Å². The molecule has 0 saturated carbocycles. The molecule has 2 aliphatic rings. The van der Waals surface area contributed by atoms with Crippen molar-refractivity contribution in [2.24, 2.45) is 5.10 Å². The van der Waals surface area contributed by atoms with Crippen molar-refractivity contribution in [3.8, 4) is 0 Å². The zero-order chi connectivity index (χ0) is 25.4. The van der Waals surface area contributed by atoms with Crippen LogP contribution >= 0.6 is 23.1 Å². The van der Waals surface area contributed by atoms with E-state index in [1.807, 2.05) is 61.3 Å². The Bertz CT molecular complexity index is 1570. The number of nitrogens with zero attached hydrogens (tertiary/aromatic N) is 4. The van der Waals surface area contributed by atoms with E-state index < -0.39 is 5.97 Å². The molecule has 0 spiro atoms. The monoisotopic (exact) mass is 520 g/mol. The number of carbonyl (C=O) groups excluding carboxylic acids is 2. The van der Waals surface area contributed by atoms with Crippen molar-refractivity contribution in [1.29, 1.82) is 0 Å². The predicted molar refractivity (Wildman–Crippen MR) is 144 cm³/mol. The summed E-state index contributed by atoms with van der Waals surface area (Å²) < 4.78 is 7.76. The molecular weight excluding hydrogens is 496 g/mol. The van der Waals surface area contributed by atoms with Crippen LogP contribution in [0.4, 0.5) is 11.4 Å². The highest BCUT2D eigenvalue weighted by Gasteiger charge is 2.35. The molecule has 3 aromatic rings. The third-order valence-corrected chi connectivity index (χ3v) is 8.43. The van der Waals surface area contributed by atoms with Crippen molar-refractivity contribution >= 4 is 62.7 Å². The molecule has 0 atom stereocenters. The number of rotatable bonds is 5. The van der Waals surface area contributed by atoms with Crippen molar-refractivity contribution < 1.29 is 14.3 Å². The zero-order valence-electron chi connectivity index (χ0n) is 20.1. The number of hydrogen-bond acceptors (Lipinski definition) is 8. The maximum Gasteiger partial charge on any atom is 0.311 e. The quantitative estimate of drug-likeness (QED) is 0.481. The van der Waals surface area contributed by atoms with Crippen LogP contribution in [0, 0.1) is 0 Å². The number of fused-ring (bicyclic) bond motifs is 1. The van der Waals surface area contributed by atoms with E-state index in [-0.39, 0.29) is 35.8 Å². The molecule has 5 rings (SSSR count). The van der Waals surface area contributed by atoms with Gasteiger partial charge in [0.15, 0.2) is 0 Å². The second kappa shape index (κ2) is 9.79. The molecule has 36 heavy (non-hydrogen) atoms. The zero-order valence-corrected chi connectivity index (χ0v) is 21.7. The number of esters is 1. The largest absolute Gasteiger partial charge is 0.466 e. The van der Waals surface area contributed by atoms with Gasteiger partial charge in [-0.15, -0.1) is 11.3 Å². The maximum absolute atomic E-state index is 13.7. The van der Waals surface area contributed by atoms with E-state index in [0.29, 0.717) is 21.4 Å². The van der Waals surface area contributed by atoms with Crippen molar-refractivity contribution in [1.82, 2.24) is 4.57 Å². The number of thioether (sulfide) groups is 1. The number of amides is 1. The third kappa shape index (κ3) is 4.06. The van der Waals surface area contributed by atoms with Gasteiger partial charge < -0.3 is 9.64 Å². The molecule has 2 aliphatic heterocycles. The number of hydrazone groups is 1. The van der Waals surface area contributed by atoms with Crippen LogP contribution in [0.15, 0.2) is 69.4 Å². The Hall–Kier alpha value is -3.63. The predicted octanol–water partition coefficient (Wildman–Crippen LogP) is 2.74. The van der Waals surface area contributed by atoms with Gasteiger partial charge in [-0.25, -0.2) is 0 Å². The van der Waals surface area contributed by atoms with E-state index in [9.17, 15) is 14.4 Å². The van der Waals surface area contributed by atoms with E-state index in [4.69, 9.17) is 4.74 Å². The molecule has 0 unspecified atom stereocenters. The summed E-state index contributed by atoms with van der Waals surface area (Å²) in [6.07, 6.45) is -0.167. The first-order valence-corrected chi connectivity index (χ1v) is 13.2. The Morgan fingerprint density at radius 3 is 2.44 bits per heavy atom. The molecule has 0 radical (unpaired) electrons. The Kier molecular flexibility index (Phi) is 6.55. The number of aromatic nitrogens is 1. The van der Waals surface area contributed by atoms with Gasteiger partial charge in [-0.05, 0) is 38.1 Å². The van der Waals surface area contributed by atoms with Crippen molar-refractivity contribution in [2.45, 2.75) is 31.7 Å². The number of carbonyl (C=O) groups is 2. The minimum absolute atomic E-state index is 0.167. The Morgan fingerprint density at radius 1 is 1.03 bits per heavy atom. The van der Waals surface area contributed by atoms with Gasteiger partial charge in [-0.2, -0.15) is 10.1 Å². The van der Waals surface area contributed by atoms with Gasteiger partial charge in [0.25, 0.3) is 11.5 Å². The van der Waals surface area contributed by atoms with Gasteiger partial charge in [0.2, 0.25) is 0 Å². The average Bonchev–Trinajstić information content (AvgIpc) is 3.50. The Balaban J connectivity index is 1.73. The molecule has 0 N–H and O–H groups in total. The van der Waals surface area contributed by atoms with Crippen LogP contribution in [0.5, 0.6) is 0 Å². The summed E-state index contributed by atoms with van der Waals surface area (Å²) in [5, 5.41) is 6.61. The highest BCUT2D eigenvalue weighted by atomic mass is 32.2. The summed E-state index contributed by atoms with van der Waals surface area (Å²) in [4.78, 5) is 42.8. The first-order chi connectivity index (χ1) is 17.4. The molecule has 0 saturated heterocycles. The highest BCUT2D eigenvalue weighted by Crippen LogP contribution is 2.44. The van der Waals surface area contributed by atoms with Gasteiger partial charge in [-0.1, -0.05) is 42.1 Å². The summed E-state index contributed by atoms with van der Waals surface area (Å²) in [6.45, 7) is 4.19. The highest BCUT2D eigenvalue weighted by molar-refractivity contribution is 8.08. The lowest BCUT2D eigenvalue weighted by atomic mass is 10.1. The second-order valence-corrected chi connectivity index (χ2v) is 10.1. The molecule has 8 nitrogen and oxygen atoms in total. The van der Waals surface area contributed by atoms with Crippen molar-refractivity contribution in [2.75, 3.05) is 23.6 Å². The van der Waals surface area contributed by atoms with E-state index in [1.165, 1.54) is 28.1 Å². The van der Waals surface area contributed by atoms with E-state index >= 15 is 0 Å². The van der Waals surface area contributed by atoms with Crippen LogP contribution in [0.3, 0.4) is 0 Å². The molecule has 184 valence electrons. The molecule has 1 aromatic heterocycles. The molecule has 1 amide bonds.